The fraction of sp³-hybridized carbons (Fsp3) is 0.222. The first kappa shape index (κ1) is 16.3. The van der Waals surface area contributed by atoms with E-state index in [-0.39, 0.29) is 11.2 Å². The van der Waals surface area contributed by atoms with Crippen molar-refractivity contribution >= 4 is 39.9 Å². The van der Waals surface area contributed by atoms with Crippen molar-refractivity contribution in [1.29, 1.82) is 5.26 Å². The summed E-state index contributed by atoms with van der Waals surface area (Å²) in [5, 5.41) is 10.4. The molecule has 5 heteroatoms. The summed E-state index contributed by atoms with van der Waals surface area (Å²) in [6.45, 7) is 1.41. The first-order chi connectivity index (χ1) is 11.2. The summed E-state index contributed by atoms with van der Waals surface area (Å²) >= 11 is 13.1. The van der Waals surface area contributed by atoms with Crippen molar-refractivity contribution in [3.8, 4) is 6.07 Å². The Hall–Kier alpha value is -1.54. The Kier molecular flexibility index (Phi) is 5.22. The summed E-state index contributed by atoms with van der Waals surface area (Å²) in [6.07, 6.45) is 0. The highest BCUT2D eigenvalue weighted by Gasteiger charge is 2.33. The number of benzene rings is 2. The lowest BCUT2D eigenvalue weighted by Gasteiger charge is -2.36. The predicted molar refractivity (Wildman–Crippen MR) is 100 cm³/mol. The molecule has 1 saturated heterocycles. The van der Waals surface area contributed by atoms with Gasteiger partial charge in [0.15, 0.2) is 0 Å². The standard InChI is InChI=1S/C18H15ClN2S2/c19-16-8-6-14(7-9-16)17-15(10-20)12-21(18(22)23-17)11-13-4-2-1-3-5-13/h1-9,15,17H,11-12H2/t15-,17-/m1/s1. The predicted octanol–water partition coefficient (Wildman–Crippen LogP) is 5.05. The van der Waals surface area contributed by atoms with Gasteiger partial charge in [-0.1, -0.05) is 78.0 Å². The highest BCUT2D eigenvalue weighted by molar-refractivity contribution is 8.23. The molecular formula is C18H15ClN2S2. The third-order valence-electron chi connectivity index (χ3n) is 3.85. The van der Waals surface area contributed by atoms with E-state index in [0.717, 1.165) is 16.4 Å². The lowest BCUT2D eigenvalue weighted by Crippen LogP contribution is -2.38. The molecule has 0 saturated carbocycles. The number of hydrogen-bond acceptors (Lipinski definition) is 3. The first-order valence-corrected chi connectivity index (χ1v) is 8.98. The van der Waals surface area contributed by atoms with E-state index in [1.807, 2.05) is 42.5 Å². The smallest absolute Gasteiger partial charge is 0.137 e. The maximum Gasteiger partial charge on any atom is 0.137 e. The molecule has 0 unspecified atom stereocenters. The Morgan fingerprint density at radius 1 is 1.17 bits per heavy atom. The lowest BCUT2D eigenvalue weighted by atomic mass is 9.99. The van der Waals surface area contributed by atoms with Crippen molar-refractivity contribution in [1.82, 2.24) is 4.90 Å². The second-order valence-electron chi connectivity index (χ2n) is 5.46. The molecule has 0 bridgehead atoms. The van der Waals surface area contributed by atoms with Gasteiger partial charge in [-0.2, -0.15) is 5.26 Å². The van der Waals surface area contributed by atoms with Crippen LogP contribution in [0.5, 0.6) is 0 Å². The number of nitriles is 1. The fourth-order valence-electron chi connectivity index (χ4n) is 2.67. The number of nitrogens with zero attached hydrogens (tertiary/aromatic N) is 2. The van der Waals surface area contributed by atoms with E-state index in [1.54, 1.807) is 11.8 Å². The van der Waals surface area contributed by atoms with E-state index >= 15 is 0 Å². The molecule has 2 nitrogen and oxygen atoms in total. The molecular weight excluding hydrogens is 344 g/mol. The number of halogens is 1. The molecule has 0 aliphatic carbocycles. The van der Waals surface area contributed by atoms with Crippen molar-refractivity contribution in [3.63, 3.8) is 0 Å². The van der Waals surface area contributed by atoms with Gasteiger partial charge in [0.1, 0.15) is 4.32 Å². The first-order valence-electron chi connectivity index (χ1n) is 7.32. The number of thioether (sulfide) groups is 1. The van der Waals surface area contributed by atoms with Gasteiger partial charge in [0.2, 0.25) is 0 Å². The summed E-state index contributed by atoms with van der Waals surface area (Å²) in [7, 11) is 0. The van der Waals surface area contributed by atoms with Crippen molar-refractivity contribution in [3.05, 3.63) is 70.7 Å². The average molecular weight is 359 g/mol. The Morgan fingerprint density at radius 3 is 2.52 bits per heavy atom. The molecule has 2 aromatic rings. The molecule has 1 heterocycles. The zero-order valence-corrected chi connectivity index (χ0v) is 14.7. The quantitative estimate of drug-likeness (QED) is 0.717. The highest BCUT2D eigenvalue weighted by Crippen LogP contribution is 2.42. The van der Waals surface area contributed by atoms with Crippen LogP contribution in [0, 0.1) is 17.2 Å². The monoisotopic (exact) mass is 358 g/mol. The summed E-state index contributed by atoms with van der Waals surface area (Å²) in [5.74, 6) is -0.100. The van der Waals surface area contributed by atoms with Gasteiger partial charge in [0.05, 0.1) is 17.2 Å². The molecule has 0 N–H and O–H groups in total. The molecule has 0 amide bonds. The van der Waals surface area contributed by atoms with Crippen molar-refractivity contribution in [2.24, 2.45) is 5.92 Å². The minimum absolute atomic E-state index is 0.0665. The minimum atomic E-state index is -0.100. The minimum Gasteiger partial charge on any atom is -0.352 e. The van der Waals surface area contributed by atoms with Crippen LogP contribution in [0.1, 0.15) is 16.4 Å². The van der Waals surface area contributed by atoms with Gasteiger partial charge in [0.25, 0.3) is 0 Å². The fourth-order valence-corrected chi connectivity index (χ4v) is 4.35. The summed E-state index contributed by atoms with van der Waals surface area (Å²) in [6, 6.07) is 20.4. The van der Waals surface area contributed by atoms with Crippen LogP contribution in [0.4, 0.5) is 0 Å². The second kappa shape index (κ2) is 7.35. The van der Waals surface area contributed by atoms with Crippen LogP contribution in [0.15, 0.2) is 54.6 Å². The Morgan fingerprint density at radius 2 is 1.87 bits per heavy atom. The number of thiocarbonyl (C=S) groups is 1. The van der Waals surface area contributed by atoms with E-state index in [1.165, 1.54) is 5.56 Å². The molecule has 23 heavy (non-hydrogen) atoms. The lowest BCUT2D eigenvalue weighted by molar-refractivity contribution is 0.367. The van der Waals surface area contributed by atoms with E-state index < -0.39 is 0 Å². The van der Waals surface area contributed by atoms with Crippen LogP contribution in [0.25, 0.3) is 0 Å². The highest BCUT2D eigenvalue weighted by atomic mass is 35.5. The number of rotatable bonds is 3. The third-order valence-corrected chi connectivity index (χ3v) is 5.96. The van der Waals surface area contributed by atoms with E-state index in [0.29, 0.717) is 11.6 Å². The van der Waals surface area contributed by atoms with Crippen LogP contribution in [0.3, 0.4) is 0 Å². The van der Waals surface area contributed by atoms with Gasteiger partial charge >= 0.3 is 0 Å². The molecule has 2 atom stereocenters. The molecule has 0 spiro atoms. The van der Waals surface area contributed by atoms with Gasteiger partial charge < -0.3 is 4.90 Å². The van der Waals surface area contributed by atoms with Gasteiger partial charge in [-0.25, -0.2) is 0 Å². The largest absolute Gasteiger partial charge is 0.352 e. The molecule has 1 aliphatic rings. The molecule has 0 aromatic heterocycles. The third kappa shape index (κ3) is 3.87. The number of hydrogen-bond donors (Lipinski definition) is 0. The normalized spacial score (nSPS) is 21.0. The maximum absolute atomic E-state index is 9.59. The Labute approximate surface area is 151 Å². The van der Waals surface area contributed by atoms with Crippen molar-refractivity contribution in [2.75, 3.05) is 6.54 Å². The zero-order chi connectivity index (χ0) is 16.2. The molecule has 1 aliphatic heterocycles. The second-order valence-corrected chi connectivity index (χ2v) is 7.67. The maximum atomic E-state index is 9.59. The molecule has 1 fully saturated rings. The van der Waals surface area contributed by atoms with E-state index in [9.17, 15) is 5.26 Å². The molecule has 116 valence electrons. The van der Waals surface area contributed by atoms with Crippen molar-refractivity contribution in [2.45, 2.75) is 11.8 Å². The van der Waals surface area contributed by atoms with Gasteiger partial charge in [-0.15, -0.1) is 0 Å². The molecule has 0 radical (unpaired) electrons. The SMILES string of the molecule is N#C[C@@H]1CN(Cc2ccccc2)C(=S)S[C@@H]1c1ccc(Cl)cc1. The summed E-state index contributed by atoms with van der Waals surface area (Å²) < 4.78 is 0.848. The summed E-state index contributed by atoms with van der Waals surface area (Å²) in [4.78, 5) is 2.12. The van der Waals surface area contributed by atoms with Gasteiger partial charge in [-0.3, -0.25) is 0 Å². The van der Waals surface area contributed by atoms with Crippen LogP contribution < -0.4 is 0 Å². The Bertz CT molecular complexity index is 725. The topological polar surface area (TPSA) is 27.0 Å². The van der Waals surface area contributed by atoms with Crippen molar-refractivity contribution < 1.29 is 0 Å². The van der Waals surface area contributed by atoms with Crippen LogP contribution in [-0.4, -0.2) is 15.8 Å². The van der Waals surface area contributed by atoms with E-state index in [2.05, 4.69) is 23.1 Å². The van der Waals surface area contributed by atoms with Crippen LogP contribution in [-0.2, 0) is 6.54 Å². The van der Waals surface area contributed by atoms with Gasteiger partial charge in [-0.05, 0) is 23.3 Å². The molecule has 3 rings (SSSR count). The van der Waals surface area contributed by atoms with Gasteiger partial charge in [0, 0.05) is 18.1 Å². The Balaban J connectivity index is 1.77. The summed E-state index contributed by atoms with van der Waals surface area (Å²) in [5.41, 5.74) is 2.31. The van der Waals surface area contributed by atoms with E-state index in [4.69, 9.17) is 23.8 Å². The molecule has 2 aromatic carbocycles. The average Bonchev–Trinajstić information content (AvgIpc) is 2.58. The van der Waals surface area contributed by atoms with Crippen LogP contribution in [0.2, 0.25) is 5.02 Å². The zero-order valence-electron chi connectivity index (χ0n) is 12.4. The van der Waals surface area contributed by atoms with Crippen LogP contribution >= 0.6 is 35.6 Å².